The van der Waals surface area contributed by atoms with Crippen LogP contribution in [0.1, 0.15) is 32.3 Å². The number of methoxy groups -OCH3 is 2. The highest BCUT2D eigenvalue weighted by Crippen LogP contribution is 2.52. The third-order valence-corrected chi connectivity index (χ3v) is 5.92. The van der Waals surface area contributed by atoms with E-state index in [1.165, 1.54) is 0 Å². The quantitative estimate of drug-likeness (QED) is 0.744. The van der Waals surface area contributed by atoms with Gasteiger partial charge in [-0.05, 0) is 37.5 Å². The van der Waals surface area contributed by atoms with Gasteiger partial charge < -0.3 is 14.2 Å². The monoisotopic (exact) mass is 342 g/mol. The Morgan fingerprint density at radius 1 is 1.25 bits per heavy atom. The summed E-state index contributed by atoms with van der Waals surface area (Å²) in [4.78, 5) is 0.507. The van der Waals surface area contributed by atoms with Gasteiger partial charge in [-0.1, -0.05) is 29.8 Å². The fraction of sp³-hybridized carbons (Fsp3) is 0.625. The Balaban J connectivity index is 2.30. The number of ether oxygens (including phenoxy) is 3. The zero-order valence-corrected chi connectivity index (χ0v) is 14.4. The van der Waals surface area contributed by atoms with Gasteiger partial charge in [0.25, 0.3) is 0 Å². The van der Waals surface area contributed by atoms with E-state index in [0.29, 0.717) is 10.6 Å². The van der Waals surface area contributed by atoms with Crippen molar-refractivity contribution >= 4 is 15.9 Å². The number of alkyl halides is 1. The molecule has 1 aliphatic rings. The molecule has 1 saturated carbocycles. The van der Waals surface area contributed by atoms with Crippen LogP contribution in [0.5, 0.6) is 17.2 Å². The van der Waals surface area contributed by atoms with Crippen LogP contribution in [0.2, 0.25) is 0 Å². The van der Waals surface area contributed by atoms with E-state index in [0.717, 1.165) is 29.9 Å². The Morgan fingerprint density at radius 2 is 1.80 bits per heavy atom. The SMILES string of the molecule is CCC1(C)C(Br)CC1Oc1c(OC)cc(C)cc1OC. The molecular weight excluding hydrogens is 320 g/mol. The molecule has 0 bridgehead atoms. The van der Waals surface area contributed by atoms with Crippen LogP contribution in [0.15, 0.2) is 12.1 Å². The summed E-state index contributed by atoms with van der Waals surface area (Å²) in [6, 6.07) is 3.96. The molecule has 1 aromatic carbocycles. The summed E-state index contributed by atoms with van der Waals surface area (Å²) in [6.07, 6.45) is 2.26. The molecule has 0 radical (unpaired) electrons. The highest BCUT2D eigenvalue weighted by atomic mass is 79.9. The average molecular weight is 343 g/mol. The molecule has 0 amide bonds. The first kappa shape index (κ1) is 15.5. The molecular formula is C16H23BrO3. The standard InChI is InChI=1S/C16H23BrO3/c1-6-16(3)13(17)9-14(16)20-15-11(18-4)7-10(2)8-12(15)19-5/h7-8,13-14H,6,9H2,1-5H3. The van der Waals surface area contributed by atoms with Crippen molar-refractivity contribution in [2.45, 2.75) is 44.5 Å². The van der Waals surface area contributed by atoms with Gasteiger partial charge in [-0.25, -0.2) is 0 Å². The molecule has 1 fully saturated rings. The third-order valence-electron chi connectivity index (χ3n) is 4.50. The lowest BCUT2D eigenvalue weighted by Crippen LogP contribution is -2.54. The molecule has 3 nitrogen and oxygen atoms in total. The van der Waals surface area contributed by atoms with E-state index in [9.17, 15) is 0 Å². The summed E-state index contributed by atoms with van der Waals surface area (Å²) in [6.45, 7) is 6.48. The van der Waals surface area contributed by atoms with Crippen LogP contribution in [-0.4, -0.2) is 25.2 Å². The van der Waals surface area contributed by atoms with E-state index in [1.54, 1.807) is 14.2 Å². The number of hydrogen-bond donors (Lipinski definition) is 0. The molecule has 3 unspecified atom stereocenters. The molecule has 3 atom stereocenters. The molecule has 0 aromatic heterocycles. The summed E-state index contributed by atoms with van der Waals surface area (Å²) >= 11 is 3.74. The fourth-order valence-electron chi connectivity index (χ4n) is 2.67. The Kier molecular flexibility index (Phi) is 4.52. The Morgan fingerprint density at radius 3 is 2.20 bits per heavy atom. The first-order chi connectivity index (χ1) is 9.46. The lowest BCUT2D eigenvalue weighted by Gasteiger charge is -2.50. The van der Waals surface area contributed by atoms with Crippen LogP contribution in [-0.2, 0) is 0 Å². The highest BCUT2D eigenvalue weighted by molar-refractivity contribution is 9.09. The third kappa shape index (κ3) is 2.50. The van der Waals surface area contributed by atoms with Gasteiger partial charge >= 0.3 is 0 Å². The summed E-state index contributed by atoms with van der Waals surface area (Å²) in [7, 11) is 3.32. The largest absolute Gasteiger partial charge is 0.493 e. The summed E-state index contributed by atoms with van der Waals surface area (Å²) < 4.78 is 17.1. The molecule has 0 heterocycles. The molecule has 2 rings (SSSR count). The molecule has 4 heteroatoms. The lowest BCUT2D eigenvalue weighted by atomic mass is 9.65. The molecule has 0 saturated heterocycles. The van der Waals surface area contributed by atoms with Gasteiger partial charge in [0.1, 0.15) is 6.10 Å². The van der Waals surface area contributed by atoms with Crippen molar-refractivity contribution < 1.29 is 14.2 Å². The van der Waals surface area contributed by atoms with Crippen molar-refractivity contribution in [3.63, 3.8) is 0 Å². The number of hydrogen-bond acceptors (Lipinski definition) is 3. The minimum absolute atomic E-state index is 0.154. The fourth-order valence-corrected chi connectivity index (χ4v) is 3.63. The maximum absolute atomic E-state index is 6.25. The molecule has 1 aromatic rings. The van der Waals surface area contributed by atoms with Gasteiger partial charge in [0, 0.05) is 10.2 Å². The van der Waals surface area contributed by atoms with E-state index in [2.05, 4.69) is 29.8 Å². The van der Waals surface area contributed by atoms with Crippen molar-refractivity contribution in [3.05, 3.63) is 17.7 Å². The Labute approximate surface area is 129 Å². The second-order valence-corrected chi connectivity index (χ2v) is 6.77. The molecule has 20 heavy (non-hydrogen) atoms. The number of halogens is 1. The zero-order chi connectivity index (χ0) is 14.9. The number of aryl methyl sites for hydroxylation is 1. The Bertz CT molecular complexity index is 464. The number of rotatable bonds is 5. The topological polar surface area (TPSA) is 27.7 Å². The first-order valence-electron chi connectivity index (χ1n) is 6.99. The minimum atomic E-state index is 0.154. The molecule has 0 spiro atoms. The van der Waals surface area contributed by atoms with Crippen molar-refractivity contribution in [3.8, 4) is 17.2 Å². The van der Waals surface area contributed by atoms with E-state index in [1.807, 2.05) is 19.1 Å². The summed E-state index contributed by atoms with van der Waals surface area (Å²) in [5.74, 6) is 2.18. The number of benzene rings is 1. The maximum Gasteiger partial charge on any atom is 0.203 e. The van der Waals surface area contributed by atoms with E-state index in [-0.39, 0.29) is 11.5 Å². The van der Waals surface area contributed by atoms with Crippen molar-refractivity contribution in [2.75, 3.05) is 14.2 Å². The normalized spacial score (nSPS) is 28.7. The van der Waals surface area contributed by atoms with Crippen LogP contribution >= 0.6 is 15.9 Å². The van der Waals surface area contributed by atoms with Gasteiger partial charge in [0.05, 0.1) is 14.2 Å². The average Bonchev–Trinajstić information content (AvgIpc) is 2.46. The van der Waals surface area contributed by atoms with Crippen LogP contribution in [0.25, 0.3) is 0 Å². The van der Waals surface area contributed by atoms with Crippen molar-refractivity contribution in [1.82, 2.24) is 0 Å². The molecule has 1 aliphatic carbocycles. The second-order valence-electron chi connectivity index (χ2n) is 5.67. The van der Waals surface area contributed by atoms with Gasteiger partial charge in [0.15, 0.2) is 11.5 Å². The van der Waals surface area contributed by atoms with Crippen LogP contribution in [0.4, 0.5) is 0 Å². The minimum Gasteiger partial charge on any atom is -0.493 e. The Hall–Kier alpha value is -0.900. The second kappa shape index (κ2) is 5.84. The van der Waals surface area contributed by atoms with Crippen LogP contribution in [0.3, 0.4) is 0 Å². The van der Waals surface area contributed by atoms with Gasteiger partial charge in [0.2, 0.25) is 5.75 Å². The van der Waals surface area contributed by atoms with E-state index in [4.69, 9.17) is 14.2 Å². The van der Waals surface area contributed by atoms with Crippen LogP contribution in [0, 0.1) is 12.3 Å². The smallest absolute Gasteiger partial charge is 0.203 e. The lowest BCUT2D eigenvalue weighted by molar-refractivity contribution is -0.0269. The molecule has 112 valence electrons. The molecule has 0 aliphatic heterocycles. The van der Waals surface area contributed by atoms with Crippen LogP contribution < -0.4 is 14.2 Å². The van der Waals surface area contributed by atoms with Crippen molar-refractivity contribution in [1.29, 1.82) is 0 Å². The predicted molar refractivity (Wildman–Crippen MR) is 84.4 cm³/mol. The van der Waals surface area contributed by atoms with E-state index < -0.39 is 0 Å². The van der Waals surface area contributed by atoms with Gasteiger partial charge in [-0.15, -0.1) is 0 Å². The van der Waals surface area contributed by atoms with Crippen molar-refractivity contribution in [2.24, 2.45) is 5.41 Å². The first-order valence-corrected chi connectivity index (χ1v) is 7.91. The zero-order valence-electron chi connectivity index (χ0n) is 12.8. The molecule has 0 N–H and O–H groups in total. The van der Waals surface area contributed by atoms with Gasteiger partial charge in [-0.2, -0.15) is 0 Å². The van der Waals surface area contributed by atoms with Gasteiger partial charge in [-0.3, -0.25) is 0 Å². The predicted octanol–water partition coefficient (Wildman–Crippen LogP) is 4.34. The summed E-state index contributed by atoms with van der Waals surface area (Å²) in [5.41, 5.74) is 1.25. The summed E-state index contributed by atoms with van der Waals surface area (Å²) in [5, 5.41) is 0. The highest BCUT2D eigenvalue weighted by Gasteiger charge is 2.51. The maximum atomic E-state index is 6.25. The van der Waals surface area contributed by atoms with E-state index >= 15 is 0 Å².